The van der Waals surface area contributed by atoms with Crippen LogP contribution in [-0.2, 0) is 13.0 Å². The number of amides is 2. The molecule has 8 heteroatoms. The minimum atomic E-state index is -0.382. The van der Waals surface area contributed by atoms with E-state index < -0.39 is 0 Å². The van der Waals surface area contributed by atoms with Crippen LogP contribution in [0.5, 0.6) is 0 Å². The molecule has 1 aromatic carbocycles. The molecular formula is C17H17N5O2S. The smallest absolute Gasteiger partial charge is 0.326 e. The first kappa shape index (κ1) is 15.8. The Balaban J connectivity index is 1.40. The molecular weight excluding hydrogens is 338 g/mol. The summed E-state index contributed by atoms with van der Waals surface area (Å²) in [6.07, 6.45) is 0.912. The summed E-state index contributed by atoms with van der Waals surface area (Å²) in [7, 11) is 2.08. The number of rotatable bonds is 3. The first-order valence-corrected chi connectivity index (χ1v) is 8.76. The fourth-order valence-corrected chi connectivity index (χ4v) is 3.78. The van der Waals surface area contributed by atoms with Gasteiger partial charge in [0.05, 0.1) is 5.69 Å². The molecule has 0 spiro atoms. The van der Waals surface area contributed by atoms with Crippen LogP contribution < -0.4 is 10.6 Å². The number of hydrogen-bond donors (Lipinski definition) is 2. The molecule has 3 heterocycles. The third-order valence-electron chi connectivity index (χ3n) is 3.95. The van der Waals surface area contributed by atoms with Crippen LogP contribution in [0.15, 0.2) is 40.9 Å². The highest BCUT2D eigenvalue weighted by Gasteiger charge is 2.19. The lowest BCUT2D eigenvalue weighted by molar-refractivity contribution is 0.262. The monoisotopic (exact) mass is 355 g/mol. The average molecular weight is 355 g/mol. The van der Waals surface area contributed by atoms with Crippen molar-refractivity contribution in [1.29, 1.82) is 0 Å². The summed E-state index contributed by atoms with van der Waals surface area (Å²) in [6, 6.07) is 10.9. The van der Waals surface area contributed by atoms with E-state index in [1.165, 1.54) is 16.2 Å². The molecule has 1 aliphatic heterocycles. The number of thiazole rings is 1. The molecule has 0 saturated heterocycles. The Morgan fingerprint density at radius 1 is 1.28 bits per heavy atom. The SMILES string of the molecule is CN1CCc2nc(NC(=O)Nc3cc(-c4ccccc4)on3)sc2C1. The second kappa shape index (κ2) is 6.66. The van der Waals surface area contributed by atoms with Crippen molar-refractivity contribution in [1.82, 2.24) is 15.0 Å². The van der Waals surface area contributed by atoms with Gasteiger partial charge in [0.25, 0.3) is 0 Å². The summed E-state index contributed by atoms with van der Waals surface area (Å²) >= 11 is 1.51. The lowest BCUT2D eigenvalue weighted by atomic mass is 10.2. The van der Waals surface area contributed by atoms with Crippen molar-refractivity contribution < 1.29 is 9.32 Å². The largest absolute Gasteiger partial charge is 0.354 e. The highest BCUT2D eigenvalue weighted by atomic mass is 32.1. The summed E-state index contributed by atoms with van der Waals surface area (Å²) in [5.41, 5.74) is 1.98. The number of anilines is 2. The third-order valence-corrected chi connectivity index (χ3v) is 4.95. The zero-order valence-electron chi connectivity index (χ0n) is 13.7. The average Bonchev–Trinajstić information content (AvgIpc) is 3.21. The van der Waals surface area contributed by atoms with E-state index in [4.69, 9.17) is 4.52 Å². The van der Waals surface area contributed by atoms with Crippen LogP contribution in [0.2, 0.25) is 0 Å². The Morgan fingerprint density at radius 2 is 2.12 bits per heavy atom. The van der Waals surface area contributed by atoms with E-state index in [1.54, 1.807) is 6.07 Å². The predicted octanol–water partition coefficient (Wildman–Crippen LogP) is 3.43. The van der Waals surface area contributed by atoms with Crippen molar-refractivity contribution >= 4 is 28.3 Å². The van der Waals surface area contributed by atoms with E-state index in [0.29, 0.717) is 16.7 Å². The van der Waals surface area contributed by atoms with Crippen LogP contribution in [0.1, 0.15) is 10.6 Å². The highest BCUT2D eigenvalue weighted by Crippen LogP contribution is 2.28. The molecule has 0 radical (unpaired) electrons. The lowest BCUT2D eigenvalue weighted by Crippen LogP contribution is -2.25. The maximum Gasteiger partial charge on any atom is 0.326 e. The summed E-state index contributed by atoms with van der Waals surface area (Å²) in [4.78, 5) is 20.1. The normalized spacial score (nSPS) is 14.1. The Morgan fingerprint density at radius 3 is 2.96 bits per heavy atom. The molecule has 2 amide bonds. The predicted molar refractivity (Wildman–Crippen MR) is 96.7 cm³/mol. The zero-order valence-corrected chi connectivity index (χ0v) is 14.5. The van der Waals surface area contributed by atoms with E-state index in [9.17, 15) is 4.79 Å². The Hall–Kier alpha value is -2.71. The van der Waals surface area contributed by atoms with Crippen molar-refractivity contribution in [3.63, 3.8) is 0 Å². The molecule has 0 aliphatic carbocycles. The third kappa shape index (κ3) is 3.54. The summed E-state index contributed by atoms with van der Waals surface area (Å²) in [5, 5.41) is 9.92. The van der Waals surface area contributed by atoms with Crippen molar-refractivity contribution in [2.75, 3.05) is 24.2 Å². The molecule has 2 N–H and O–H groups in total. The number of hydrogen-bond acceptors (Lipinski definition) is 6. The molecule has 1 aliphatic rings. The van der Waals surface area contributed by atoms with Gasteiger partial charge in [-0.1, -0.05) is 35.5 Å². The van der Waals surface area contributed by atoms with Gasteiger partial charge in [-0.25, -0.2) is 9.78 Å². The van der Waals surface area contributed by atoms with Crippen LogP contribution in [-0.4, -0.2) is 34.7 Å². The molecule has 128 valence electrons. The second-order valence-corrected chi connectivity index (χ2v) is 6.98. The minimum Gasteiger partial charge on any atom is -0.354 e. The number of fused-ring (bicyclic) bond motifs is 1. The van der Waals surface area contributed by atoms with Gasteiger partial charge >= 0.3 is 6.03 Å². The molecule has 4 rings (SSSR count). The van der Waals surface area contributed by atoms with Crippen LogP contribution in [0.4, 0.5) is 15.7 Å². The molecule has 0 bridgehead atoms. The number of benzene rings is 1. The molecule has 7 nitrogen and oxygen atoms in total. The number of nitrogens with one attached hydrogen (secondary N) is 2. The summed E-state index contributed by atoms with van der Waals surface area (Å²) in [5.74, 6) is 0.959. The number of likely N-dealkylation sites (N-methyl/N-ethyl adjacent to an activating group) is 1. The number of urea groups is 1. The van der Waals surface area contributed by atoms with Crippen molar-refractivity contribution in [3.8, 4) is 11.3 Å². The van der Waals surface area contributed by atoms with Gasteiger partial charge in [0.1, 0.15) is 0 Å². The van der Waals surface area contributed by atoms with Gasteiger partial charge in [-0.15, -0.1) is 11.3 Å². The quantitative estimate of drug-likeness (QED) is 0.752. The maximum atomic E-state index is 12.2. The van der Waals surface area contributed by atoms with Crippen molar-refractivity contribution in [2.45, 2.75) is 13.0 Å². The minimum absolute atomic E-state index is 0.359. The Bertz CT molecular complexity index is 890. The molecule has 3 aromatic rings. The van der Waals surface area contributed by atoms with Crippen LogP contribution in [0.25, 0.3) is 11.3 Å². The zero-order chi connectivity index (χ0) is 17.2. The number of carbonyl (C=O) groups excluding carboxylic acids is 1. The second-order valence-electron chi connectivity index (χ2n) is 5.90. The van der Waals surface area contributed by atoms with Crippen molar-refractivity contribution in [2.24, 2.45) is 0 Å². The highest BCUT2D eigenvalue weighted by molar-refractivity contribution is 7.15. The number of nitrogens with zero attached hydrogens (tertiary/aromatic N) is 3. The van der Waals surface area contributed by atoms with Gasteiger partial charge in [-0.3, -0.25) is 10.6 Å². The van der Waals surface area contributed by atoms with Gasteiger partial charge in [0, 0.05) is 36.0 Å². The first-order chi connectivity index (χ1) is 12.2. The van der Waals surface area contributed by atoms with E-state index >= 15 is 0 Å². The molecule has 0 fully saturated rings. The van der Waals surface area contributed by atoms with Gasteiger partial charge in [-0.2, -0.15) is 0 Å². The Kier molecular flexibility index (Phi) is 4.21. The number of aromatic nitrogens is 2. The molecule has 0 unspecified atom stereocenters. The van der Waals surface area contributed by atoms with Crippen LogP contribution in [0.3, 0.4) is 0 Å². The van der Waals surface area contributed by atoms with E-state index in [0.717, 1.165) is 30.8 Å². The molecule has 0 atom stereocenters. The van der Waals surface area contributed by atoms with E-state index in [1.807, 2.05) is 30.3 Å². The van der Waals surface area contributed by atoms with Gasteiger partial charge in [0.2, 0.25) is 0 Å². The van der Waals surface area contributed by atoms with Crippen LogP contribution >= 0.6 is 11.3 Å². The fourth-order valence-electron chi connectivity index (χ4n) is 2.69. The lowest BCUT2D eigenvalue weighted by Gasteiger charge is -2.20. The molecule has 2 aromatic heterocycles. The number of carbonyl (C=O) groups is 1. The summed E-state index contributed by atoms with van der Waals surface area (Å²) < 4.78 is 5.27. The standard InChI is InChI=1S/C17H17N5O2S/c1-22-8-7-12-14(10-22)25-17(18-12)20-16(23)19-15-9-13(24-21-15)11-5-3-2-4-6-11/h2-6,9H,7-8,10H2,1H3,(H2,18,19,20,21,23). The van der Waals surface area contributed by atoms with Crippen molar-refractivity contribution in [3.05, 3.63) is 47.0 Å². The van der Waals surface area contributed by atoms with Gasteiger partial charge in [0.15, 0.2) is 16.7 Å². The fraction of sp³-hybridized carbons (Fsp3) is 0.235. The topological polar surface area (TPSA) is 83.3 Å². The van der Waals surface area contributed by atoms with Crippen LogP contribution in [0, 0.1) is 0 Å². The Labute approximate surface area is 148 Å². The summed E-state index contributed by atoms with van der Waals surface area (Å²) in [6.45, 7) is 1.86. The van der Waals surface area contributed by atoms with Gasteiger partial charge < -0.3 is 9.42 Å². The molecule has 0 saturated carbocycles. The van der Waals surface area contributed by atoms with E-state index in [-0.39, 0.29) is 6.03 Å². The maximum absolute atomic E-state index is 12.2. The van der Waals surface area contributed by atoms with Gasteiger partial charge in [-0.05, 0) is 7.05 Å². The van der Waals surface area contributed by atoms with E-state index in [2.05, 4.69) is 32.7 Å². The molecule has 25 heavy (non-hydrogen) atoms. The first-order valence-electron chi connectivity index (χ1n) is 7.94.